The monoisotopic (exact) mass is 406 g/mol. The van der Waals surface area contributed by atoms with Gasteiger partial charge in [-0.2, -0.15) is 0 Å². The van der Waals surface area contributed by atoms with Crippen LogP contribution in [0, 0.1) is 6.92 Å². The Balaban J connectivity index is 1.65. The number of carbonyl (C=O) groups excluding carboxylic acids is 1. The van der Waals surface area contributed by atoms with E-state index in [-0.39, 0.29) is 11.5 Å². The Morgan fingerprint density at radius 2 is 1.77 bits per heavy atom. The average Bonchev–Trinajstić information content (AvgIpc) is 2.76. The third-order valence-electron chi connectivity index (χ3n) is 5.58. The van der Waals surface area contributed by atoms with Crippen molar-refractivity contribution in [2.24, 2.45) is 0 Å². The topological polar surface area (TPSA) is 62.6 Å². The van der Waals surface area contributed by atoms with Gasteiger partial charge in [0.25, 0.3) is 0 Å². The minimum Gasteiger partial charge on any atom is -0.422 e. The predicted octanol–water partition coefficient (Wildman–Crippen LogP) is 4.24. The Morgan fingerprint density at radius 3 is 2.47 bits per heavy atom. The van der Waals surface area contributed by atoms with Crippen LogP contribution in [-0.4, -0.2) is 25.5 Å². The second-order valence-corrected chi connectivity index (χ2v) is 7.43. The molecular weight excluding hydrogens is 376 g/mol. The lowest BCUT2D eigenvalue weighted by Gasteiger charge is -2.21. The number of fused-ring (bicyclic) bond motifs is 1. The lowest BCUT2D eigenvalue weighted by Crippen LogP contribution is -2.27. The van der Waals surface area contributed by atoms with E-state index in [1.165, 1.54) is 0 Å². The van der Waals surface area contributed by atoms with E-state index in [1.807, 2.05) is 49.4 Å². The third kappa shape index (κ3) is 5.09. The lowest BCUT2D eigenvalue weighted by atomic mass is 10.0. The van der Waals surface area contributed by atoms with Gasteiger partial charge in [-0.3, -0.25) is 4.79 Å². The molecule has 2 aromatic carbocycles. The van der Waals surface area contributed by atoms with E-state index in [4.69, 9.17) is 4.42 Å². The number of benzene rings is 2. The van der Waals surface area contributed by atoms with E-state index in [2.05, 4.69) is 30.1 Å². The van der Waals surface area contributed by atoms with Crippen molar-refractivity contribution in [2.45, 2.75) is 40.0 Å². The largest absolute Gasteiger partial charge is 0.422 e. The molecule has 1 aromatic heterocycles. The number of carbonyl (C=O) groups is 1. The molecule has 0 fully saturated rings. The van der Waals surface area contributed by atoms with E-state index in [0.29, 0.717) is 37.0 Å². The van der Waals surface area contributed by atoms with Crippen molar-refractivity contribution in [3.63, 3.8) is 0 Å². The Kier molecular flexibility index (Phi) is 7.28. The Hall–Kier alpha value is -3.08. The Bertz CT molecular complexity index is 1050. The number of amides is 1. The first-order valence-corrected chi connectivity index (χ1v) is 10.6. The molecule has 1 N–H and O–H groups in total. The molecule has 0 bridgehead atoms. The Labute approximate surface area is 177 Å². The molecule has 158 valence electrons. The highest BCUT2D eigenvalue weighted by molar-refractivity contribution is 5.84. The molecule has 0 aliphatic rings. The summed E-state index contributed by atoms with van der Waals surface area (Å²) < 4.78 is 5.62. The number of nitrogens with zero attached hydrogens (tertiary/aromatic N) is 1. The fourth-order valence-electron chi connectivity index (χ4n) is 3.78. The first-order chi connectivity index (χ1) is 14.5. The van der Waals surface area contributed by atoms with Crippen molar-refractivity contribution in [3.8, 4) is 0 Å². The van der Waals surface area contributed by atoms with Gasteiger partial charge in [-0.05, 0) is 56.9 Å². The smallest absolute Gasteiger partial charge is 0.339 e. The molecule has 30 heavy (non-hydrogen) atoms. The zero-order valence-corrected chi connectivity index (χ0v) is 18.0. The summed E-state index contributed by atoms with van der Waals surface area (Å²) in [5.74, 6) is -0.00875. The predicted molar refractivity (Wildman–Crippen MR) is 122 cm³/mol. The average molecular weight is 407 g/mol. The molecule has 0 atom stereocenters. The summed E-state index contributed by atoms with van der Waals surface area (Å²) in [5.41, 5.74) is 4.02. The van der Waals surface area contributed by atoms with Gasteiger partial charge < -0.3 is 14.6 Å². The molecule has 1 amide bonds. The first-order valence-electron chi connectivity index (χ1n) is 10.6. The molecule has 0 saturated carbocycles. The van der Waals surface area contributed by atoms with Gasteiger partial charge in [0.1, 0.15) is 5.58 Å². The summed E-state index contributed by atoms with van der Waals surface area (Å²) in [5, 5.41) is 3.86. The second kappa shape index (κ2) is 10.1. The summed E-state index contributed by atoms with van der Waals surface area (Å²) in [6.45, 7) is 8.37. The quantitative estimate of drug-likeness (QED) is 0.540. The molecule has 0 unspecified atom stereocenters. The van der Waals surface area contributed by atoms with Crippen molar-refractivity contribution in [1.29, 1.82) is 0 Å². The van der Waals surface area contributed by atoms with Crippen LogP contribution in [0.15, 0.2) is 57.7 Å². The van der Waals surface area contributed by atoms with E-state index in [9.17, 15) is 9.59 Å². The number of hydrogen-bond donors (Lipinski definition) is 1. The van der Waals surface area contributed by atoms with Crippen LogP contribution < -0.4 is 15.8 Å². The summed E-state index contributed by atoms with van der Waals surface area (Å²) in [4.78, 5) is 26.9. The number of rotatable bonds is 9. The molecule has 0 aliphatic carbocycles. The van der Waals surface area contributed by atoms with Crippen LogP contribution in [-0.2, 0) is 17.6 Å². The molecule has 0 saturated heterocycles. The molecule has 3 rings (SSSR count). The van der Waals surface area contributed by atoms with Crippen molar-refractivity contribution < 1.29 is 9.21 Å². The normalized spacial score (nSPS) is 10.9. The van der Waals surface area contributed by atoms with Gasteiger partial charge in [-0.15, -0.1) is 0 Å². The molecule has 0 aliphatic heterocycles. The summed E-state index contributed by atoms with van der Waals surface area (Å²) >= 11 is 0. The number of hydrogen-bond acceptors (Lipinski definition) is 4. The van der Waals surface area contributed by atoms with Crippen LogP contribution in [0.25, 0.3) is 11.0 Å². The van der Waals surface area contributed by atoms with Crippen LogP contribution >= 0.6 is 0 Å². The van der Waals surface area contributed by atoms with Crippen LogP contribution in [0.3, 0.4) is 0 Å². The van der Waals surface area contributed by atoms with Gasteiger partial charge >= 0.3 is 5.63 Å². The zero-order chi connectivity index (χ0) is 21.5. The minimum atomic E-state index is -0.324. The van der Waals surface area contributed by atoms with E-state index in [1.54, 1.807) is 0 Å². The van der Waals surface area contributed by atoms with Gasteiger partial charge in [-0.1, -0.05) is 30.3 Å². The van der Waals surface area contributed by atoms with E-state index in [0.717, 1.165) is 35.3 Å². The van der Waals surface area contributed by atoms with Crippen molar-refractivity contribution in [1.82, 2.24) is 5.32 Å². The van der Waals surface area contributed by atoms with Gasteiger partial charge in [-0.25, -0.2) is 4.79 Å². The molecular formula is C25H30N2O3. The lowest BCUT2D eigenvalue weighted by molar-refractivity contribution is -0.121. The highest BCUT2D eigenvalue weighted by atomic mass is 16.4. The SMILES string of the molecule is CCN(CC)c1ccc2c(C)c(CCNC(=O)CCc3ccccc3)c(=O)oc2c1. The first kappa shape index (κ1) is 21.6. The fourth-order valence-corrected chi connectivity index (χ4v) is 3.78. The maximum atomic E-state index is 12.6. The standard InChI is InChI=1S/C25H30N2O3/c1-4-27(5-2)20-12-13-21-18(3)22(25(29)30-23(21)17-20)15-16-26-24(28)14-11-19-9-7-6-8-10-19/h6-10,12-13,17H,4-5,11,14-16H2,1-3H3,(H,26,28). The third-order valence-corrected chi connectivity index (χ3v) is 5.58. The van der Waals surface area contributed by atoms with Gasteiger partial charge in [0.15, 0.2) is 0 Å². The van der Waals surface area contributed by atoms with Crippen LogP contribution in [0.2, 0.25) is 0 Å². The van der Waals surface area contributed by atoms with Crippen molar-refractivity contribution in [2.75, 3.05) is 24.5 Å². The summed E-state index contributed by atoms with van der Waals surface area (Å²) in [6, 6.07) is 16.0. The van der Waals surface area contributed by atoms with Crippen LogP contribution in [0.1, 0.15) is 37.0 Å². The molecule has 5 nitrogen and oxygen atoms in total. The molecule has 3 aromatic rings. The van der Waals surface area contributed by atoms with Crippen LogP contribution in [0.4, 0.5) is 5.69 Å². The summed E-state index contributed by atoms with van der Waals surface area (Å²) in [6.07, 6.45) is 1.60. The van der Waals surface area contributed by atoms with Gasteiger partial charge in [0.05, 0.1) is 0 Å². The maximum absolute atomic E-state index is 12.6. The van der Waals surface area contributed by atoms with Gasteiger partial charge in [0, 0.05) is 48.8 Å². The minimum absolute atomic E-state index is 0.00875. The summed E-state index contributed by atoms with van der Waals surface area (Å²) in [7, 11) is 0. The van der Waals surface area contributed by atoms with Crippen LogP contribution in [0.5, 0.6) is 0 Å². The zero-order valence-electron chi connectivity index (χ0n) is 18.0. The molecule has 1 heterocycles. The van der Waals surface area contributed by atoms with E-state index >= 15 is 0 Å². The highest BCUT2D eigenvalue weighted by Crippen LogP contribution is 2.25. The van der Waals surface area contributed by atoms with E-state index < -0.39 is 0 Å². The Morgan fingerprint density at radius 1 is 1.03 bits per heavy atom. The van der Waals surface area contributed by atoms with Crippen molar-refractivity contribution >= 4 is 22.6 Å². The number of nitrogens with one attached hydrogen (secondary N) is 1. The molecule has 0 radical (unpaired) electrons. The highest BCUT2D eigenvalue weighted by Gasteiger charge is 2.13. The number of aryl methyl sites for hydroxylation is 2. The van der Waals surface area contributed by atoms with Gasteiger partial charge in [0.2, 0.25) is 5.91 Å². The second-order valence-electron chi connectivity index (χ2n) is 7.43. The van der Waals surface area contributed by atoms with Crippen molar-refractivity contribution in [3.05, 3.63) is 75.6 Å². The fraction of sp³-hybridized carbons (Fsp3) is 0.360. The number of anilines is 1. The molecule has 0 spiro atoms. The maximum Gasteiger partial charge on any atom is 0.339 e. The molecule has 5 heteroatoms.